The summed E-state index contributed by atoms with van der Waals surface area (Å²) in [6, 6.07) is -0.00786. The number of hydrogen-bond donors (Lipinski definition) is 6. The molecule has 3 rings (SSSR count). The van der Waals surface area contributed by atoms with Gasteiger partial charge in [-0.15, -0.1) is 0 Å². The van der Waals surface area contributed by atoms with Crippen molar-refractivity contribution in [3.63, 3.8) is 0 Å². The molecule has 1 amide bonds. The van der Waals surface area contributed by atoms with E-state index in [9.17, 15) is 45.5 Å². The number of nitrogens with two attached hydrogens (primary N) is 1. The molecule has 0 saturated carbocycles. The quantitative estimate of drug-likeness (QED) is 0.178. The van der Waals surface area contributed by atoms with Crippen LogP contribution in [0.4, 0.5) is 26.3 Å². The molecule has 19 heteroatoms. The Balaban J connectivity index is 0.000000503. The van der Waals surface area contributed by atoms with Crippen LogP contribution < -0.4 is 5.73 Å². The van der Waals surface area contributed by atoms with Crippen molar-refractivity contribution in [3.8, 4) is 0 Å². The van der Waals surface area contributed by atoms with Gasteiger partial charge in [-0.25, -0.2) is 32.5 Å². The molecular formula is C22H22F6N4O9. The molecule has 1 aromatic heterocycles. The molecule has 2 aromatic rings. The molecule has 0 bridgehead atoms. The van der Waals surface area contributed by atoms with Crippen LogP contribution in [0.15, 0.2) is 12.1 Å². The number of aliphatic carboxylic acids is 2. The molecule has 226 valence electrons. The second-order valence-corrected chi connectivity index (χ2v) is 8.59. The molecule has 0 aliphatic carbocycles. The number of aliphatic hydroxyl groups excluding tert-OH is 2. The first kappa shape index (κ1) is 33.0. The summed E-state index contributed by atoms with van der Waals surface area (Å²) in [7, 11) is 0. The van der Waals surface area contributed by atoms with Crippen LogP contribution in [0.5, 0.6) is 0 Å². The fraction of sp³-hybridized carbons (Fsp3) is 0.409. The molecule has 3 atom stereocenters. The van der Waals surface area contributed by atoms with Gasteiger partial charge < -0.3 is 40.7 Å². The maximum atomic E-state index is 13.8. The predicted octanol–water partition coefficient (Wildman–Crippen LogP) is 0.197. The van der Waals surface area contributed by atoms with Gasteiger partial charge in [0.25, 0.3) is 0 Å². The second kappa shape index (κ2) is 13.0. The topological polar surface area (TPSA) is 217 Å². The van der Waals surface area contributed by atoms with E-state index in [1.807, 2.05) is 0 Å². The van der Waals surface area contributed by atoms with Crippen molar-refractivity contribution in [3.05, 3.63) is 52.4 Å². The number of imidazole rings is 1. The molecule has 41 heavy (non-hydrogen) atoms. The van der Waals surface area contributed by atoms with Crippen LogP contribution in [-0.2, 0) is 40.1 Å². The third kappa shape index (κ3) is 8.14. The Morgan fingerprint density at radius 2 is 1.46 bits per heavy atom. The molecular weight excluding hydrogens is 578 g/mol. The van der Waals surface area contributed by atoms with Crippen molar-refractivity contribution in [1.82, 2.24) is 14.5 Å². The summed E-state index contributed by atoms with van der Waals surface area (Å²) < 4.78 is 80.1. The van der Waals surface area contributed by atoms with Crippen LogP contribution >= 0.6 is 0 Å². The first-order valence-corrected chi connectivity index (χ1v) is 11.2. The van der Waals surface area contributed by atoms with Crippen molar-refractivity contribution in [2.24, 2.45) is 5.73 Å². The van der Waals surface area contributed by atoms with Gasteiger partial charge in [0.1, 0.15) is 5.82 Å². The van der Waals surface area contributed by atoms with Gasteiger partial charge in [0, 0.05) is 31.6 Å². The van der Waals surface area contributed by atoms with Crippen LogP contribution in [-0.4, -0.2) is 88.6 Å². The average molecular weight is 600 g/mol. The SMILES string of the molecule is N[C@@H](CC(=O)N1CCn2c(C(F)(F)F)nc(C(=O)O)c2C1)Cc1cc(F)c(F)cc1F.O=C(O)C(O)C(O)C(=O)O. The molecule has 0 spiro atoms. The van der Waals surface area contributed by atoms with Gasteiger partial charge in [-0.1, -0.05) is 0 Å². The third-order valence-electron chi connectivity index (χ3n) is 5.63. The highest BCUT2D eigenvalue weighted by Crippen LogP contribution is 2.32. The average Bonchev–Trinajstić information content (AvgIpc) is 3.26. The van der Waals surface area contributed by atoms with Crippen LogP contribution in [0.25, 0.3) is 0 Å². The Bertz CT molecular complexity index is 1320. The zero-order valence-electron chi connectivity index (χ0n) is 20.5. The minimum atomic E-state index is -4.87. The van der Waals surface area contributed by atoms with E-state index in [4.69, 9.17) is 31.3 Å². The Kier molecular flexibility index (Phi) is 10.4. The number of halogens is 6. The first-order valence-electron chi connectivity index (χ1n) is 11.2. The number of carboxylic acids is 3. The third-order valence-corrected chi connectivity index (χ3v) is 5.63. The summed E-state index contributed by atoms with van der Waals surface area (Å²) in [4.78, 5) is 47.6. The molecule has 1 aliphatic rings. The lowest BCUT2D eigenvalue weighted by Gasteiger charge is -2.30. The molecule has 0 radical (unpaired) electrons. The number of aromatic carboxylic acids is 1. The number of nitrogens with zero attached hydrogens (tertiary/aromatic N) is 3. The molecule has 1 aromatic carbocycles. The number of alkyl halides is 3. The molecule has 1 aliphatic heterocycles. The summed E-state index contributed by atoms with van der Waals surface area (Å²) in [6.45, 7) is -0.921. The highest BCUT2D eigenvalue weighted by atomic mass is 19.4. The minimum Gasteiger partial charge on any atom is -0.479 e. The van der Waals surface area contributed by atoms with Crippen LogP contribution in [0.3, 0.4) is 0 Å². The van der Waals surface area contributed by atoms with E-state index in [2.05, 4.69) is 4.98 Å². The smallest absolute Gasteiger partial charge is 0.449 e. The maximum Gasteiger partial charge on any atom is 0.449 e. The van der Waals surface area contributed by atoms with E-state index in [1.165, 1.54) is 0 Å². The Labute approximate surface area is 225 Å². The molecule has 2 heterocycles. The van der Waals surface area contributed by atoms with Crippen molar-refractivity contribution < 1.29 is 71.1 Å². The van der Waals surface area contributed by atoms with Crippen molar-refractivity contribution in [2.45, 2.75) is 50.4 Å². The van der Waals surface area contributed by atoms with Gasteiger partial charge in [0.15, 0.2) is 29.5 Å². The van der Waals surface area contributed by atoms with Crippen molar-refractivity contribution in [2.75, 3.05) is 6.54 Å². The number of aromatic nitrogens is 2. The number of carbonyl (C=O) groups is 4. The predicted molar refractivity (Wildman–Crippen MR) is 120 cm³/mol. The van der Waals surface area contributed by atoms with E-state index in [0.717, 1.165) is 4.90 Å². The lowest BCUT2D eigenvalue weighted by atomic mass is 10.0. The lowest BCUT2D eigenvalue weighted by molar-refractivity contribution is -0.165. The number of carbonyl (C=O) groups excluding carboxylic acids is 1. The van der Waals surface area contributed by atoms with E-state index < -0.39 is 83.8 Å². The van der Waals surface area contributed by atoms with Gasteiger partial charge >= 0.3 is 24.1 Å². The zero-order valence-corrected chi connectivity index (χ0v) is 20.5. The molecule has 13 nitrogen and oxygen atoms in total. The number of benzene rings is 1. The summed E-state index contributed by atoms with van der Waals surface area (Å²) in [6.07, 6.45) is -10.1. The fourth-order valence-corrected chi connectivity index (χ4v) is 3.67. The monoisotopic (exact) mass is 600 g/mol. The number of carboxylic acid groups (broad SMARTS) is 3. The summed E-state index contributed by atoms with van der Waals surface area (Å²) in [5.41, 5.74) is 4.49. The number of hydrogen-bond acceptors (Lipinski definition) is 8. The van der Waals surface area contributed by atoms with Gasteiger partial charge in [0.2, 0.25) is 11.7 Å². The first-order chi connectivity index (χ1) is 18.8. The number of aliphatic hydroxyl groups is 2. The normalized spacial score (nSPS) is 15.2. The Morgan fingerprint density at radius 3 is 1.95 bits per heavy atom. The van der Waals surface area contributed by atoms with E-state index in [0.29, 0.717) is 16.7 Å². The maximum absolute atomic E-state index is 13.8. The van der Waals surface area contributed by atoms with E-state index in [-0.39, 0.29) is 37.2 Å². The van der Waals surface area contributed by atoms with Gasteiger partial charge in [-0.05, 0) is 18.1 Å². The lowest BCUT2D eigenvalue weighted by Crippen LogP contribution is -2.42. The van der Waals surface area contributed by atoms with E-state index in [1.54, 1.807) is 0 Å². The summed E-state index contributed by atoms with van der Waals surface area (Å²) in [5, 5.41) is 41.7. The van der Waals surface area contributed by atoms with Crippen LogP contribution in [0.1, 0.15) is 34.0 Å². The minimum absolute atomic E-state index is 0.156. The highest BCUT2D eigenvalue weighted by molar-refractivity contribution is 5.87. The number of fused-ring (bicyclic) bond motifs is 1. The molecule has 7 N–H and O–H groups in total. The second-order valence-electron chi connectivity index (χ2n) is 8.59. The Hall–Kier alpha value is -4.23. The van der Waals surface area contributed by atoms with Gasteiger partial charge in [0.05, 0.1) is 12.2 Å². The van der Waals surface area contributed by atoms with Crippen LogP contribution in [0.2, 0.25) is 0 Å². The zero-order chi connectivity index (χ0) is 31.4. The summed E-state index contributed by atoms with van der Waals surface area (Å²) >= 11 is 0. The molecule has 2 unspecified atom stereocenters. The fourth-order valence-electron chi connectivity index (χ4n) is 3.67. The largest absolute Gasteiger partial charge is 0.479 e. The number of rotatable bonds is 8. The standard InChI is InChI=1S/C18H16F6N4O3.C4H6O6/c19-10-6-12(21)11(20)4-8(10)3-9(25)5-14(29)27-1-2-28-13(7-27)15(16(30)31)26-17(28)18(22,23)24;5-1(3(7)8)2(6)4(9)10/h4,6,9H,1-3,5,7,25H2,(H,30,31);1-2,5-6H,(H,7,8)(H,9,10)/t9-;/m1./s1. The van der Waals surface area contributed by atoms with Crippen molar-refractivity contribution >= 4 is 23.8 Å². The van der Waals surface area contributed by atoms with Crippen molar-refractivity contribution in [1.29, 1.82) is 0 Å². The molecule has 0 fully saturated rings. The highest BCUT2D eigenvalue weighted by Gasteiger charge is 2.41. The van der Waals surface area contributed by atoms with Gasteiger partial charge in [-0.2, -0.15) is 13.2 Å². The summed E-state index contributed by atoms with van der Waals surface area (Å²) in [5.74, 6) is -10.9. The van der Waals surface area contributed by atoms with Crippen LogP contribution in [0, 0.1) is 17.5 Å². The van der Waals surface area contributed by atoms with Gasteiger partial charge in [-0.3, -0.25) is 4.79 Å². The van der Waals surface area contributed by atoms with E-state index >= 15 is 0 Å². The Morgan fingerprint density at radius 1 is 0.927 bits per heavy atom. The molecule has 0 saturated heterocycles. The number of amides is 1.